The van der Waals surface area contributed by atoms with E-state index < -0.39 is 39.1 Å². The molecule has 5 nitrogen and oxygen atoms in total. The molecule has 0 aliphatic heterocycles. The van der Waals surface area contributed by atoms with E-state index in [1.165, 1.54) is 0 Å². The van der Waals surface area contributed by atoms with Gasteiger partial charge in [0.1, 0.15) is 0 Å². The predicted octanol–water partition coefficient (Wildman–Crippen LogP) is 1.64. The topological polar surface area (TPSA) is 78.4 Å². The van der Waals surface area contributed by atoms with Gasteiger partial charge in [-0.05, 0) is 14.1 Å². The van der Waals surface area contributed by atoms with Crippen LogP contribution in [0.2, 0.25) is 0 Å². The van der Waals surface area contributed by atoms with Crippen LogP contribution in [0.25, 0.3) is 0 Å². The van der Waals surface area contributed by atoms with Crippen molar-refractivity contribution in [1.29, 1.82) is 0 Å². The summed E-state index contributed by atoms with van der Waals surface area (Å²) in [6.07, 6.45) is -7.07. The van der Waals surface area contributed by atoms with Crippen molar-refractivity contribution in [3.05, 3.63) is 0 Å². The van der Waals surface area contributed by atoms with Gasteiger partial charge in [0.25, 0.3) is 0 Å². The summed E-state index contributed by atoms with van der Waals surface area (Å²) in [5.74, 6) is -14.4. The Labute approximate surface area is 112 Å². The Kier molecular flexibility index (Phi) is 6.99. The van der Waals surface area contributed by atoms with Gasteiger partial charge in [-0.2, -0.15) is 47.9 Å². The normalized spacial score (nSPS) is 14.5. The van der Waals surface area contributed by atoms with Crippen molar-refractivity contribution in [2.45, 2.75) is 24.1 Å². The summed E-state index contributed by atoms with van der Waals surface area (Å²) in [5.41, 5.74) is 0. The molecule has 0 amide bonds. The highest BCUT2D eigenvalue weighted by Crippen LogP contribution is 2.52. The zero-order valence-electron chi connectivity index (χ0n) is 10.1. The lowest BCUT2D eigenvalue weighted by Crippen LogP contribution is -2.66. The average Bonchev–Trinajstić information content (AvgIpc) is 2.12. The second-order valence-corrected chi connectivity index (χ2v) is 4.45. The molecule has 0 saturated heterocycles. The van der Waals surface area contributed by atoms with Gasteiger partial charge in [-0.25, -0.2) is 0 Å². The highest BCUT2D eigenvalue weighted by Gasteiger charge is 2.82. The zero-order chi connectivity index (χ0) is 17.9. The number of alkyl halides is 9. The standard InChI is InChI=1S/C4H2F9NO3S.C2H7N/c5-1(6,3(9,10)11)2(7,8)4(12,13)14-18(15,16)17;1-3-2/h14H,(H,15,16,17);3H,1-2H3. The molecule has 0 saturated carbocycles. The monoisotopic (exact) mass is 360 g/mol. The van der Waals surface area contributed by atoms with E-state index in [4.69, 9.17) is 4.55 Å². The summed E-state index contributed by atoms with van der Waals surface area (Å²) >= 11 is 0. The minimum Gasteiger partial charge on any atom is -0.323 e. The third-order valence-electron chi connectivity index (χ3n) is 1.40. The smallest absolute Gasteiger partial charge is 0.323 e. The molecule has 0 radical (unpaired) electrons. The first-order chi connectivity index (χ1) is 8.87. The van der Waals surface area contributed by atoms with Gasteiger partial charge < -0.3 is 5.32 Å². The molecule has 130 valence electrons. The molecule has 0 aromatic rings. The van der Waals surface area contributed by atoms with Gasteiger partial charge >= 0.3 is 34.4 Å². The quantitative estimate of drug-likeness (QED) is 0.405. The van der Waals surface area contributed by atoms with Crippen molar-refractivity contribution < 1.29 is 52.5 Å². The predicted molar refractivity (Wildman–Crippen MR) is 50.6 cm³/mol. The SMILES string of the molecule is CNC.O=S(=O)(O)NC(F)(F)C(F)(F)C(F)(F)C(F)(F)F. The first kappa shape index (κ1) is 22.5. The second kappa shape index (κ2) is 6.53. The van der Waals surface area contributed by atoms with Gasteiger partial charge in [0, 0.05) is 0 Å². The molecule has 0 atom stereocenters. The molecule has 0 aromatic heterocycles. The summed E-state index contributed by atoms with van der Waals surface area (Å²) in [5, 5.41) is 2.75. The summed E-state index contributed by atoms with van der Waals surface area (Å²) in [6.45, 7) is 0. The summed E-state index contributed by atoms with van der Waals surface area (Å²) < 4.78 is 135. The molecule has 0 heterocycles. The van der Waals surface area contributed by atoms with Crippen LogP contribution in [0.4, 0.5) is 39.5 Å². The lowest BCUT2D eigenvalue weighted by atomic mass is 10.1. The third-order valence-corrected chi connectivity index (χ3v) is 1.92. The molecule has 0 aliphatic carbocycles. The van der Waals surface area contributed by atoms with E-state index in [1.807, 2.05) is 14.1 Å². The number of hydrogen-bond acceptors (Lipinski definition) is 3. The minimum absolute atomic E-state index is 0.722. The van der Waals surface area contributed by atoms with Gasteiger partial charge in [-0.1, -0.05) is 0 Å². The lowest BCUT2D eigenvalue weighted by molar-refractivity contribution is -0.397. The van der Waals surface area contributed by atoms with E-state index in [0.29, 0.717) is 0 Å². The van der Waals surface area contributed by atoms with Gasteiger partial charge in [0.05, 0.1) is 0 Å². The van der Waals surface area contributed by atoms with E-state index in [2.05, 4.69) is 5.32 Å². The number of hydrogen-bond donors (Lipinski definition) is 3. The van der Waals surface area contributed by atoms with Crippen molar-refractivity contribution in [3.63, 3.8) is 0 Å². The Bertz CT molecular complexity index is 433. The summed E-state index contributed by atoms with van der Waals surface area (Å²) in [4.78, 5) is 0. The second-order valence-electron chi connectivity index (χ2n) is 3.30. The fourth-order valence-electron chi connectivity index (χ4n) is 0.601. The maximum absolute atomic E-state index is 12.3. The van der Waals surface area contributed by atoms with Crippen LogP contribution in [0, 0.1) is 0 Å². The van der Waals surface area contributed by atoms with E-state index in [1.54, 1.807) is 0 Å². The number of halogens is 9. The first-order valence-corrected chi connectivity index (χ1v) is 5.86. The molecule has 21 heavy (non-hydrogen) atoms. The van der Waals surface area contributed by atoms with Crippen LogP contribution >= 0.6 is 0 Å². The number of nitrogens with one attached hydrogen (secondary N) is 2. The molecule has 0 spiro atoms. The maximum Gasteiger partial charge on any atom is 0.460 e. The van der Waals surface area contributed by atoms with Crippen molar-refractivity contribution in [3.8, 4) is 0 Å². The molecular formula is C6H9F9N2O3S. The Morgan fingerprint density at radius 1 is 0.810 bits per heavy atom. The molecule has 0 rings (SSSR count). The fourth-order valence-corrected chi connectivity index (χ4v) is 1.05. The van der Waals surface area contributed by atoms with Crippen molar-refractivity contribution >= 4 is 10.3 Å². The Morgan fingerprint density at radius 3 is 1.29 bits per heavy atom. The molecule has 3 N–H and O–H groups in total. The van der Waals surface area contributed by atoms with E-state index >= 15 is 0 Å². The molecule has 0 unspecified atom stereocenters. The van der Waals surface area contributed by atoms with Crippen LogP contribution in [0.15, 0.2) is 0 Å². The Hall–Kier alpha value is -0.800. The van der Waals surface area contributed by atoms with Gasteiger partial charge in [-0.15, -0.1) is 4.72 Å². The van der Waals surface area contributed by atoms with Crippen LogP contribution in [0.5, 0.6) is 0 Å². The van der Waals surface area contributed by atoms with E-state index in [-0.39, 0.29) is 0 Å². The molecule has 0 bridgehead atoms. The van der Waals surface area contributed by atoms with Crippen LogP contribution in [0.3, 0.4) is 0 Å². The summed E-state index contributed by atoms with van der Waals surface area (Å²) in [6, 6.07) is -6.57. The molecule has 0 fully saturated rings. The van der Waals surface area contributed by atoms with Crippen LogP contribution in [-0.4, -0.2) is 51.1 Å². The highest BCUT2D eigenvalue weighted by atomic mass is 32.2. The minimum atomic E-state index is -7.23. The zero-order valence-corrected chi connectivity index (χ0v) is 10.9. The lowest BCUT2D eigenvalue weighted by Gasteiger charge is -2.32. The molecule has 0 aromatic carbocycles. The number of rotatable bonds is 4. The molecular weight excluding hydrogens is 351 g/mol. The van der Waals surface area contributed by atoms with Gasteiger partial charge in [0.2, 0.25) is 0 Å². The van der Waals surface area contributed by atoms with Crippen LogP contribution in [0.1, 0.15) is 0 Å². The summed E-state index contributed by atoms with van der Waals surface area (Å²) in [7, 11) is -2.40. The molecule has 0 aliphatic rings. The average molecular weight is 360 g/mol. The van der Waals surface area contributed by atoms with Crippen LogP contribution < -0.4 is 10.0 Å². The maximum atomic E-state index is 12.3. The van der Waals surface area contributed by atoms with Crippen molar-refractivity contribution in [2.75, 3.05) is 14.1 Å². The first-order valence-electron chi connectivity index (χ1n) is 4.42. The van der Waals surface area contributed by atoms with Crippen molar-refractivity contribution in [2.24, 2.45) is 0 Å². The van der Waals surface area contributed by atoms with Gasteiger partial charge in [0.15, 0.2) is 0 Å². The Balaban J connectivity index is 0. The highest BCUT2D eigenvalue weighted by molar-refractivity contribution is 7.83. The van der Waals surface area contributed by atoms with Crippen LogP contribution in [-0.2, 0) is 10.3 Å². The third kappa shape index (κ3) is 5.48. The molecule has 15 heteroatoms. The Morgan fingerprint density at radius 2 is 1.10 bits per heavy atom. The van der Waals surface area contributed by atoms with Gasteiger partial charge in [-0.3, -0.25) is 4.55 Å². The van der Waals surface area contributed by atoms with E-state index in [9.17, 15) is 47.9 Å². The largest absolute Gasteiger partial charge is 0.460 e. The van der Waals surface area contributed by atoms with E-state index in [0.717, 1.165) is 0 Å². The van der Waals surface area contributed by atoms with Crippen molar-refractivity contribution in [1.82, 2.24) is 10.0 Å². The fraction of sp³-hybridized carbons (Fsp3) is 1.00.